The minimum Gasteiger partial charge on any atom is -0.407 e. The van der Waals surface area contributed by atoms with E-state index in [4.69, 9.17) is 18.8 Å². The van der Waals surface area contributed by atoms with Gasteiger partial charge in [0.15, 0.2) is 6.29 Å². The van der Waals surface area contributed by atoms with Crippen molar-refractivity contribution in [1.29, 1.82) is 0 Å². The third-order valence-corrected chi connectivity index (χ3v) is 4.56. The van der Waals surface area contributed by atoms with Gasteiger partial charge in [-0.2, -0.15) is 0 Å². The van der Waals surface area contributed by atoms with Gasteiger partial charge in [0.1, 0.15) is 0 Å². The van der Waals surface area contributed by atoms with E-state index in [1.807, 2.05) is 0 Å². The Labute approximate surface area is 139 Å². The molecule has 1 aromatic carbocycles. The van der Waals surface area contributed by atoms with Crippen LogP contribution in [0.15, 0.2) is 18.2 Å². The Bertz CT molecular complexity index is 516. The van der Waals surface area contributed by atoms with Crippen molar-refractivity contribution >= 4 is 12.6 Å². The molecule has 0 N–H and O–H groups in total. The Kier molecular flexibility index (Phi) is 5.42. The van der Waals surface area contributed by atoms with E-state index in [-0.39, 0.29) is 18.8 Å². The number of ether oxygens (including phenoxy) is 2. The van der Waals surface area contributed by atoms with Gasteiger partial charge in [0.25, 0.3) is 0 Å². The summed E-state index contributed by atoms with van der Waals surface area (Å²) >= 11 is 0. The van der Waals surface area contributed by atoms with Gasteiger partial charge in [-0.25, -0.2) is 0 Å². The summed E-state index contributed by atoms with van der Waals surface area (Å²) in [5, 5.41) is 0. The highest BCUT2D eigenvalue weighted by atomic mass is 16.7. The Morgan fingerprint density at radius 1 is 1.22 bits per heavy atom. The fraction of sp³-hybridized carbons (Fsp3) is 0.667. The molecule has 5 heteroatoms. The van der Waals surface area contributed by atoms with Gasteiger partial charge < -0.3 is 18.8 Å². The second-order valence-electron chi connectivity index (χ2n) is 7.36. The molecule has 0 saturated carbocycles. The lowest BCUT2D eigenvalue weighted by molar-refractivity contribution is -0.169. The lowest BCUT2D eigenvalue weighted by Gasteiger charge is -2.33. The van der Waals surface area contributed by atoms with E-state index in [9.17, 15) is 0 Å². The van der Waals surface area contributed by atoms with Gasteiger partial charge in [0.05, 0.1) is 6.61 Å². The molecule has 2 aliphatic rings. The minimum atomic E-state index is -0.270. The largest absolute Gasteiger partial charge is 0.494 e. The second-order valence-corrected chi connectivity index (χ2v) is 7.36. The average molecular weight is 318 g/mol. The summed E-state index contributed by atoms with van der Waals surface area (Å²) in [7, 11) is -0.270. The third kappa shape index (κ3) is 4.35. The van der Waals surface area contributed by atoms with Crippen molar-refractivity contribution in [3.05, 3.63) is 29.3 Å². The molecule has 126 valence electrons. The first-order valence-corrected chi connectivity index (χ1v) is 8.60. The van der Waals surface area contributed by atoms with Crippen molar-refractivity contribution in [2.75, 3.05) is 19.8 Å². The fourth-order valence-electron chi connectivity index (χ4n) is 3.01. The first-order valence-electron chi connectivity index (χ1n) is 8.60. The average Bonchev–Trinajstić information content (AvgIpc) is 2.55. The van der Waals surface area contributed by atoms with Crippen molar-refractivity contribution in [2.45, 2.75) is 52.9 Å². The van der Waals surface area contributed by atoms with E-state index in [1.165, 1.54) is 17.5 Å². The van der Waals surface area contributed by atoms with Crippen LogP contribution in [0.2, 0.25) is 0 Å². The molecule has 3 rings (SSSR count). The number of hydrogen-bond donors (Lipinski definition) is 0. The van der Waals surface area contributed by atoms with Crippen molar-refractivity contribution in [2.24, 2.45) is 5.41 Å². The third-order valence-electron chi connectivity index (χ3n) is 4.56. The highest BCUT2D eigenvalue weighted by Crippen LogP contribution is 2.22. The van der Waals surface area contributed by atoms with Gasteiger partial charge >= 0.3 is 7.12 Å². The van der Waals surface area contributed by atoms with Crippen LogP contribution in [-0.4, -0.2) is 33.2 Å². The van der Waals surface area contributed by atoms with Crippen LogP contribution in [0.25, 0.3) is 0 Å². The lowest BCUT2D eigenvalue weighted by atomic mass is 9.73. The second kappa shape index (κ2) is 7.35. The zero-order chi connectivity index (χ0) is 16.3. The Morgan fingerprint density at radius 3 is 2.70 bits per heavy atom. The molecular weight excluding hydrogens is 291 g/mol. The van der Waals surface area contributed by atoms with E-state index < -0.39 is 0 Å². The molecule has 0 spiro atoms. The van der Waals surface area contributed by atoms with Crippen molar-refractivity contribution in [3.63, 3.8) is 0 Å². The molecule has 2 aliphatic heterocycles. The summed E-state index contributed by atoms with van der Waals surface area (Å²) in [5.41, 5.74) is 3.55. The van der Waals surface area contributed by atoms with Gasteiger partial charge in [-0.3, -0.25) is 0 Å². The van der Waals surface area contributed by atoms with Crippen LogP contribution in [0, 0.1) is 12.3 Å². The van der Waals surface area contributed by atoms with E-state index in [1.54, 1.807) is 0 Å². The Balaban J connectivity index is 1.64. The summed E-state index contributed by atoms with van der Waals surface area (Å²) in [5.74, 6) is 0. The van der Waals surface area contributed by atoms with E-state index >= 15 is 0 Å². The highest BCUT2D eigenvalue weighted by molar-refractivity contribution is 6.62. The maximum absolute atomic E-state index is 5.92. The topological polar surface area (TPSA) is 36.9 Å². The highest BCUT2D eigenvalue weighted by Gasteiger charge is 2.34. The predicted octanol–water partition coefficient (Wildman–Crippen LogP) is 2.81. The molecule has 2 saturated heterocycles. The molecule has 2 heterocycles. The molecule has 1 atom stereocenters. The molecule has 0 radical (unpaired) electrons. The molecule has 0 amide bonds. The summed E-state index contributed by atoms with van der Waals surface area (Å²) in [4.78, 5) is 0. The molecule has 1 aromatic rings. The van der Waals surface area contributed by atoms with Gasteiger partial charge in [0.2, 0.25) is 0 Å². The summed E-state index contributed by atoms with van der Waals surface area (Å²) in [6.07, 6.45) is 3.25. The zero-order valence-electron chi connectivity index (χ0n) is 14.5. The summed E-state index contributed by atoms with van der Waals surface area (Å²) in [6.45, 7) is 9.24. The van der Waals surface area contributed by atoms with Crippen molar-refractivity contribution in [3.8, 4) is 0 Å². The van der Waals surface area contributed by atoms with Crippen molar-refractivity contribution in [1.82, 2.24) is 0 Å². The molecule has 1 unspecified atom stereocenters. The van der Waals surface area contributed by atoms with Crippen LogP contribution in [-0.2, 0) is 25.4 Å². The lowest BCUT2D eigenvalue weighted by Crippen LogP contribution is -2.48. The molecule has 0 aromatic heterocycles. The monoisotopic (exact) mass is 318 g/mol. The quantitative estimate of drug-likeness (QED) is 0.800. The standard InChI is InChI=1S/C18H27BO4/c1-14-15(11-21-17-9-4-5-10-20-17)7-6-8-16(14)19-22-12-18(2,3)13-23-19/h6-8,17H,4-5,9-13H2,1-3H3. The number of rotatable bonds is 4. The fourth-order valence-corrected chi connectivity index (χ4v) is 3.01. The van der Waals surface area contributed by atoms with Gasteiger partial charge in [-0.05, 0) is 42.8 Å². The normalized spacial score (nSPS) is 24.7. The van der Waals surface area contributed by atoms with E-state index in [0.29, 0.717) is 19.8 Å². The SMILES string of the molecule is Cc1c(COC2CCCCO2)cccc1B1OCC(C)(C)CO1. The zero-order valence-corrected chi connectivity index (χ0v) is 14.5. The number of benzene rings is 1. The maximum Gasteiger partial charge on any atom is 0.494 e. The van der Waals surface area contributed by atoms with E-state index in [2.05, 4.69) is 39.0 Å². The van der Waals surface area contributed by atoms with Crippen LogP contribution in [0.4, 0.5) is 0 Å². The number of hydrogen-bond acceptors (Lipinski definition) is 4. The van der Waals surface area contributed by atoms with Gasteiger partial charge in [0, 0.05) is 25.2 Å². The Hall–Kier alpha value is -0.875. The molecule has 0 aliphatic carbocycles. The Morgan fingerprint density at radius 2 is 2.00 bits per heavy atom. The van der Waals surface area contributed by atoms with Gasteiger partial charge in [-0.15, -0.1) is 0 Å². The summed E-state index contributed by atoms with van der Waals surface area (Å²) in [6, 6.07) is 6.24. The first kappa shape index (κ1) is 17.0. The maximum atomic E-state index is 5.92. The van der Waals surface area contributed by atoms with Crippen molar-refractivity contribution < 1.29 is 18.8 Å². The minimum absolute atomic E-state index is 0.0604. The predicted molar refractivity (Wildman–Crippen MR) is 90.6 cm³/mol. The van der Waals surface area contributed by atoms with Crippen LogP contribution in [0.1, 0.15) is 44.2 Å². The molecule has 23 heavy (non-hydrogen) atoms. The first-order chi connectivity index (χ1) is 11.1. The molecular formula is C18H27BO4. The smallest absolute Gasteiger partial charge is 0.407 e. The van der Waals surface area contributed by atoms with Crippen LogP contribution < -0.4 is 5.46 Å². The van der Waals surface area contributed by atoms with Gasteiger partial charge in [-0.1, -0.05) is 32.0 Å². The van der Waals surface area contributed by atoms with E-state index in [0.717, 1.165) is 24.9 Å². The molecule has 2 fully saturated rings. The molecule has 4 nitrogen and oxygen atoms in total. The summed E-state index contributed by atoms with van der Waals surface area (Å²) < 4.78 is 23.4. The van der Waals surface area contributed by atoms with Crippen LogP contribution >= 0.6 is 0 Å². The van der Waals surface area contributed by atoms with Crippen LogP contribution in [0.3, 0.4) is 0 Å². The molecule has 0 bridgehead atoms. The van der Waals surface area contributed by atoms with Crippen LogP contribution in [0.5, 0.6) is 0 Å².